The molecule has 0 saturated carbocycles. The van der Waals surface area contributed by atoms with Crippen molar-refractivity contribution in [1.29, 1.82) is 0 Å². The number of carbonyl (C=O) groups is 2. The zero-order chi connectivity index (χ0) is 14.7. The predicted octanol–water partition coefficient (Wildman–Crippen LogP) is -1.60. The van der Waals surface area contributed by atoms with Gasteiger partial charge in [0, 0.05) is 32.8 Å². The number of nitrogen functional groups attached to an aromatic ring is 1. The molecule has 2 aromatic carbocycles. The molecule has 2 N–H and O–H groups in total. The second-order valence-electron chi connectivity index (χ2n) is 4.26. The Hall–Kier alpha value is -0.890. The molecule has 0 radical (unpaired) electrons. The summed E-state index contributed by atoms with van der Waals surface area (Å²) in [6, 6.07) is 11.9. The van der Waals surface area contributed by atoms with Crippen LogP contribution in [0.25, 0.3) is 0 Å². The molecule has 21 heavy (non-hydrogen) atoms. The number of hydrogen-bond acceptors (Lipinski definition) is 4. The van der Waals surface area contributed by atoms with E-state index >= 15 is 0 Å². The van der Waals surface area contributed by atoms with Crippen LogP contribution in [0.3, 0.4) is 0 Å². The fourth-order valence-corrected chi connectivity index (χ4v) is 2.24. The topological polar surface area (TPSA) is 83.2 Å². The molecule has 0 aliphatic rings. The van der Waals surface area contributed by atoms with E-state index in [9.17, 15) is 14.7 Å². The molecule has 0 saturated heterocycles. The van der Waals surface area contributed by atoms with Gasteiger partial charge in [-0.1, -0.05) is 12.1 Å². The molecule has 0 aliphatic heterocycles. The molecule has 0 amide bonds. The second kappa shape index (κ2) is 7.93. The molecule has 0 unspecified atom stereocenters. The van der Waals surface area contributed by atoms with Crippen molar-refractivity contribution in [1.82, 2.24) is 0 Å². The minimum atomic E-state index is -1.23. The van der Waals surface area contributed by atoms with Crippen LogP contribution in [0.1, 0.15) is 21.5 Å². The molecule has 2 aromatic rings. The third kappa shape index (κ3) is 4.54. The van der Waals surface area contributed by atoms with Gasteiger partial charge in [-0.05, 0) is 58.5 Å². The van der Waals surface area contributed by atoms with E-state index < -0.39 is 5.97 Å². The van der Waals surface area contributed by atoms with Crippen molar-refractivity contribution in [2.45, 2.75) is 6.42 Å². The third-order valence-electron chi connectivity index (χ3n) is 2.88. The normalized spacial score (nSPS) is 9.76. The number of carboxylic acids is 1. The number of para-hydroxylation sites is 1. The summed E-state index contributed by atoms with van der Waals surface area (Å²) < 4.78 is 1.03. The molecule has 0 fully saturated rings. The van der Waals surface area contributed by atoms with Gasteiger partial charge >= 0.3 is 29.6 Å². The van der Waals surface area contributed by atoms with E-state index in [2.05, 4.69) is 22.6 Å². The maximum Gasteiger partial charge on any atom is 1.00 e. The molecule has 6 heteroatoms. The van der Waals surface area contributed by atoms with Gasteiger partial charge in [-0.3, -0.25) is 4.79 Å². The number of halogens is 1. The molecule has 0 aromatic heterocycles. The molecule has 102 valence electrons. The van der Waals surface area contributed by atoms with Gasteiger partial charge in [-0.2, -0.15) is 0 Å². The van der Waals surface area contributed by atoms with Crippen LogP contribution in [0, 0.1) is 3.57 Å². The Balaban J connectivity index is 0.00000220. The number of rotatable bonds is 4. The summed E-state index contributed by atoms with van der Waals surface area (Å²) in [6.45, 7) is 0. The third-order valence-corrected chi connectivity index (χ3v) is 3.60. The van der Waals surface area contributed by atoms with Crippen LogP contribution in [-0.4, -0.2) is 11.8 Å². The maximum atomic E-state index is 12.4. The molecule has 0 aliphatic carbocycles. The number of aliphatic carboxylic acids is 1. The number of benzene rings is 2. The van der Waals surface area contributed by atoms with E-state index in [0.717, 1.165) is 3.57 Å². The first-order valence-electron chi connectivity index (χ1n) is 5.86. The largest absolute Gasteiger partial charge is 1.00 e. The Bertz CT molecular complexity index is 671. The van der Waals surface area contributed by atoms with Crippen LogP contribution >= 0.6 is 22.6 Å². The summed E-state index contributed by atoms with van der Waals surface area (Å²) in [6.07, 6.45) is -0.306. The monoisotopic (exact) mass is 403 g/mol. The van der Waals surface area contributed by atoms with Gasteiger partial charge in [0.2, 0.25) is 0 Å². The van der Waals surface area contributed by atoms with E-state index in [0.29, 0.717) is 16.7 Å². The summed E-state index contributed by atoms with van der Waals surface area (Å²) in [4.78, 5) is 23.0. The molecule has 0 atom stereocenters. The van der Waals surface area contributed by atoms with E-state index in [4.69, 9.17) is 5.73 Å². The molecule has 0 heterocycles. The van der Waals surface area contributed by atoms with Crippen molar-refractivity contribution in [3.63, 3.8) is 0 Å². The van der Waals surface area contributed by atoms with E-state index in [-0.39, 0.29) is 47.4 Å². The number of ketones is 1. The Morgan fingerprint density at radius 3 is 2.29 bits per heavy atom. The molecule has 2 rings (SSSR count). The Labute approximate surface area is 158 Å². The number of hydrogen-bond donors (Lipinski definition) is 1. The van der Waals surface area contributed by atoms with Crippen molar-refractivity contribution in [2.75, 3.05) is 5.73 Å². The van der Waals surface area contributed by atoms with Crippen molar-refractivity contribution in [3.05, 3.63) is 62.7 Å². The summed E-state index contributed by atoms with van der Waals surface area (Å²) >= 11 is 2.15. The molecule has 4 nitrogen and oxygen atoms in total. The van der Waals surface area contributed by atoms with Crippen LogP contribution in [0.4, 0.5) is 5.69 Å². The van der Waals surface area contributed by atoms with Crippen molar-refractivity contribution in [2.24, 2.45) is 0 Å². The zero-order valence-electron chi connectivity index (χ0n) is 11.4. The summed E-state index contributed by atoms with van der Waals surface area (Å²) in [5, 5.41) is 10.7. The average molecular weight is 403 g/mol. The van der Waals surface area contributed by atoms with Crippen LogP contribution in [0.15, 0.2) is 42.5 Å². The molecule has 0 bridgehead atoms. The number of carbonyl (C=O) groups excluding carboxylic acids is 2. The quantitative estimate of drug-likeness (QED) is 0.289. The summed E-state index contributed by atoms with van der Waals surface area (Å²) in [7, 11) is 0. The molecular weight excluding hydrogens is 392 g/mol. The van der Waals surface area contributed by atoms with Gasteiger partial charge in [-0.25, -0.2) is 0 Å². The predicted molar refractivity (Wildman–Crippen MR) is 82.2 cm³/mol. The maximum absolute atomic E-state index is 12.4. The number of carboxylic acid groups (broad SMARTS) is 1. The molecule has 0 spiro atoms. The Morgan fingerprint density at radius 2 is 1.71 bits per heavy atom. The second-order valence-corrected chi connectivity index (χ2v) is 5.51. The SMILES string of the molecule is Nc1c(CC(=O)[O-])cccc1C(=O)c1ccc(I)cc1.[Na+]. The van der Waals surface area contributed by atoms with Gasteiger partial charge in [0.15, 0.2) is 5.78 Å². The van der Waals surface area contributed by atoms with Crippen LogP contribution < -0.4 is 40.4 Å². The first-order chi connectivity index (χ1) is 9.49. The van der Waals surface area contributed by atoms with Crippen LogP contribution in [0.5, 0.6) is 0 Å². The fraction of sp³-hybridized carbons (Fsp3) is 0.0667. The van der Waals surface area contributed by atoms with Gasteiger partial charge < -0.3 is 15.6 Å². The summed E-state index contributed by atoms with van der Waals surface area (Å²) in [5.74, 6) is -1.45. The van der Waals surface area contributed by atoms with E-state index in [1.165, 1.54) is 0 Å². The summed E-state index contributed by atoms with van der Waals surface area (Å²) in [5.41, 5.74) is 7.30. The van der Waals surface area contributed by atoms with Gasteiger partial charge in [0.05, 0.1) is 0 Å². The smallest absolute Gasteiger partial charge is 0.550 e. The van der Waals surface area contributed by atoms with Crippen molar-refractivity contribution in [3.8, 4) is 0 Å². The average Bonchev–Trinajstić information content (AvgIpc) is 2.41. The standard InChI is InChI=1S/C15H12INO3.Na/c16-11-6-4-9(5-7-11)15(20)12-3-1-2-10(14(12)17)8-13(18)19;/h1-7H,8,17H2,(H,18,19);/q;+1/p-1. The Morgan fingerprint density at radius 1 is 1.10 bits per heavy atom. The fourth-order valence-electron chi connectivity index (χ4n) is 1.88. The first kappa shape index (κ1) is 18.2. The minimum Gasteiger partial charge on any atom is -0.550 e. The van der Waals surface area contributed by atoms with E-state index in [1.807, 2.05) is 12.1 Å². The van der Waals surface area contributed by atoms with E-state index in [1.54, 1.807) is 30.3 Å². The van der Waals surface area contributed by atoms with Crippen molar-refractivity contribution < 1.29 is 44.3 Å². The van der Waals surface area contributed by atoms with Crippen molar-refractivity contribution >= 4 is 40.0 Å². The molecular formula is C15H11INNaO3. The van der Waals surface area contributed by atoms with Gasteiger partial charge in [0.1, 0.15) is 0 Å². The number of nitrogens with two attached hydrogens (primary N) is 1. The van der Waals surface area contributed by atoms with Crippen LogP contribution in [0.2, 0.25) is 0 Å². The minimum absolute atomic E-state index is 0. The van der Waals surface area contributed by atoms with Gasteiger partial charge in [0.25, 0.3) is 0 Å². The Kier molecular flexibility index (Phi) is 6.86. The number of anilines is 1. The first-order valence-corrected chi connectivity index (χ1v) is 6.94. The zero-order valence-corrected chi connectivity index (χ0v) is 15.6. The van der Waals surface area contributed by atoms with Gasteiger partial charge in [-0.15, -0.1) is 0 Å². The van der Waals surface area contributed by atoms with Crippen LogP contribution in [-0.2, 0) is 11.2 Å².